The SMILES string of the molecule is CCc1cccc([C@@H](CO)NN2Cc3ccc(-c4nc(NC5CCOCC5)ncc4Cl)cc3C2=O)c1. The third kappa shape index (κ3) is 5.22. The number of carbonyl (C=O) groups excluding carboxylic acids is 1. The molecule has 36 heavy (non-hydrogen) atoms. The summed E-state index contributed by atoms with van der Waals surface area (Å²) in [6.07, 6.45) is 4.29. The second-order valence-corrected chi connectivity index (χ2v) is 9.55. The van der Waals surface area contributed by atoms with E-state index in [1.165, 1.54) is 5.56 Å². The zero-order valence-corrected chi connectivity index (χ0v) is 21.0. The number of aliphatic hydroxyl groups excluding tert-OH is 1. The van der Waals surface area contributed by atoms with Crippen LogP contribution in [0.2, 0.25) is 5.02 Å². The van der Waals surface area contributed by atoms with Crippen molar-refractivity contribution < 1.29 is 14.6 Å². The number of hydrazine groups is 1. The number of aryl methyl sites for hydroxylation is 1. The first-order valence-corrected chi connectivity index (χ1v) is 12.7. The lowest BCUT2D eigenvalue weighted by Gasteiger charge is -2.24. The highest BCUT2D eigenvalue weighted by Gasteiger charge is 2.30. The fraction of sp³-hybridized carbons (Fsp3) is 0.370. The van der Waals surface area contributed by atoms with E-state index >= 15 is 0 Å². The molecule has 0 spiro atoms. The molecule has 2 aromatic carbocycles. The molecule has 0 saturated carbocycles. The van der Waals surface area contributed by atoms with Crippen LogP contribution in [-0.2, 0) is 17.7 Å². The number of nitrogens with zero attached hydrogens (tertiary/aromatic N) is 3. The Morgan fingerprint density at radius 1 is 1.22 bits per heavy atom. The largest absolute Gasteiger partial charge is 0.394 e. The Bertz CT molecular complexity index is 1250. The molecule has 3 aromatic rings. The van der Waals surface area contributed by atoms with Gasteiger partial charge >= 0.3 is 0 Å². The van der Waals surface area contributed by atoms with Gasteiger partial charge < -0.3 is 15.2 Å². The Balaban J connectivity index is 1.34. The number of rotatable bonds is 8. The van der Waals surface area contributed by atoms with E-state index in [9.17, 15) is 9.90 Å². The van der Waals surface area contributed by atoms with Gasteiger partial charge in [-0.2, -0.15) is 0 Å². The molecule has 9 heteroatoms. The van der Waals surface area contributed by atoms with Crippen molar-refractivity contribution in [1.29, 1.82) is 0 Å². The van der Waals surface area contributed by atoms with Crippen molar-refractivity contribution in [3.8, 4) is 11.3 Å². The van der Waals surface area contributed by atoms with E-state index in [0.29, 0.717) is 28.8 Å². The monoisotopic (exact) mass is 507 g/mol. The topological polar surface area (TPSA) is 99.6 Å². The highest BCUT2D eigenvalue weighted by atomic mass is 35.5. The molecule has 0 unspecified atom stereocenters. The van der Waals surface area contributed by atoms with Crippen molar-refractivity contribution in [1.82, 2.24) is 20.4 Å². The number of aliphatic hydroxyl groups is 1. The lowest BCUT2D eigenvalue weighted by molar-refractivity contribution is 0.0602. The van der Waals surface area contributed by atoms with Crippen molar-refractivity contribution in [3.63, 3.8) is 0 Å². The standard InChI is InChI=1S/C27H30ClN5O3/c1-2-17-4-3-5-18(12-17)24(16-34)32-33-15-20-7-6-19(13-22(20)26(33)35)25-23(28)14-29-27(31-25)30-21-8-10-36-11-9-21/h3-7,12-14,21,24,32,34H,2,8-11,15-16H2,1H3,(H,29,30,31)/t24-/m1/s1. The Hall–Kier alpha value is -3.04. The second-order valence-electron chi connectivity index (χ2n) is 9.15. The van der Waals surface area contributed by atoms with Gasteiger partial charge in [0.25, 0.3) is 5.91 Å². The number of anilines is 1. The molecule has 2 aliphatic heterocycles. The van der Waals surface area contributed by atoms with E-state index in [1.807, 2.05) is 30.3 Å². The molecule has 0 bridgehead atoms. The number of carbonyl (C=O) groups is 1. The molecular weight excluding hydrogens is 478 g/mol. The van der Waals surface area contributed by atoms with Gasteiger partial charge in [0, 0.05) is 30.4 Å². The quantitative estimate of drug-likeness (QED) is 0.421. The number of ether oxygens (including phenoxy) is 1. The molecule has 1 saturated heterocycles. The van der Waals surface area contributed by atoms with Crippen LogP contribution >= 0.6 is 11.6 Å². The number of amides is 1. The van der Waals surface area contributed by atoms with Gasteiger partial charge in [-0.25, -0.2) is 15.4 Å². The summed E-state index contributed by atoms with van der Waals surface area (Å²) < 4.78 is 5.42. The van der Waals surface area contributed by atoms with E-state index in [0.717, 1.165) is 49.2 Å². The summed E-state index contributed by atoms with van der Waals surface area (Å²) in [4.78, 5) is 22.3. The zero-order valence-electron chi connectivity index (χ0n) is 20.2. The van der Waals surface area contributed by atoms with Crippen LogP contribution in [0.3, 0.4) is 0 Å². The van der Waals surface area contributed by atoms with Crippen molar-refractivity contribution in [3.05, 3.63) is 75.9 Å². The van der Waals surface area contributed by atoms with E-state index < -0.39 is 0 Å². The van der Waals surface area contributed by atoms with Gasteiger partial charge in [0.2, 0.25) is 5.95 Å². The van der Waals surface area contributed by atoms with Crippen molar-refractivity contribution in [2.75, 3.05) is 25.1 Å². The van der Waals surface area contributed by atoms with Gasteiger partial charge in [0.15, 0.2) is 0 Å². The van der Waals surface area contributed by atoms with Crippen LogP contribution in [-0.4, -0.2) is 51.9 Å². The van der Waals surface area contributed by atoms with Gasteiger partial charge in [-0.3, -0.25) is 9.80 Å². The van der Waals surface area contributed by atoms with Crippen LogP contribution in [0.15, 0.2) is 48.7 Å². The summed E-state index contributed by atoms with van der Waals surface area (Å²) in [6.45, 7) is 3.81. The second kappa shape index (κ2) is 10.9. The summed E-state index contributed by atoms with van der Waals surface area (Å²) in [7, 11) is 0. The predicted molar refractivity (Wildman–Crippen MR) is 139 cm³/mol. The Kier molecular flexibility index (Phi) is 7.48. The normalized spacial score (nSPS) is 16.8. The maximum absolute atomic E-state index is 13.3. The fourth-order valence-electron chi connectivity index (χ4n) is 4.65. The predicted octanol–water partition coefficient (Wildman–Crippen LogP) is 4.14. The molecule has 2 aliphatic rings. The highest BCUT2D eigenvalue weighted by molar-refractivity contribution is 6.33. The van der Waals surface area contributed by atoms with Crippen molar-refractivity contribution in [2.45, 2.75) is 44.8 Å². The Labute approximate surface area is 215 Å². The summed E-state index contributed by atoms with van der Waals surface area (Å²) in [6, 6.07) is 13.6. The van der Waals surface area contributed by atoms with Crippen LogP contribution < -0.4 is 10.7 Å². The number of fused-ring (bicyclic) bond motifs is 1. The minimum Gasteiger partial charge on any atom is -0.394 e. The summed E-state index contributed by atoms with van der Waals surface area (Å²) in [5.41, 5.74) is 8.16. The molecule has 1 fully saturated rings. The van der Waals surface area contributed by atoms with Gasteiger partial charge in [-0.15, -0.1) is 0 Å². The third-order valence-corrected chi connectivity index (χ3v) is 7.02. The Morgan fingerprint density at radius 3 is 2.83 bits per heavy atom. The molecule has 1 atom stereocenters. The van der Waals surface area contributed by atoms with Crippen LogP contribution in [0.25, 0.3) is 11.3 Å². The van der Waals surface area contributed by atoms with E-state index in [4.69, 9.17) is 16.3 Å². The van der Waals surface area contributed by atoms with Crippen LogP contribution in [0.1, 0.15) is 52.9 Å². The highest BCUT2D eigenvalue weighted by Crippen LogP contribution is 2.32. The number of benzene rings is 2. The Morgan fingerprint density at radius 2 is 2.06 bits per heavy atom. The smallest absolute Gasteiger partial charge is 0.268 e. The first-order valence-electron chi connectivity index (χ1n) is 12.3. The van der Waals surface area contributed by atoms with Gasteiger partial charge in [0.05, 0.1) is 36.1 Å². The van der Waals surface area contributed by atoms with Gasteiger partial charge in [0.1, 0.15) is 0 Å². The van der Waals surface area contributed by atoms with Crippen LogP contribution in [0.4, 0.5) is 5.95 Å². The molecule has 3 N–H and O–H groups in total. The lowest BCUT2D eigenvalue weighted by Crippen LogP contribution is -2.42. The third-order valence-electron chi connectivity index (χ3n) is 6.74. The summed E-state index contributed by atoms with van der Waals surface area (Å²) >= 11 is 6.46. The molecular formula is C27H30ClN5O3. The maximum Gasteiger partial charge on any atom is 0.268 e. The molecule has 0 radical (unpaired) electrons. The first-order chi connectivity index (χ1) is 17.6. The number of hydrogen-bond acceptors (Lipinski definition) is 7. The van der Waals surface area contributed by atoms with Crippen molar-refractivity contribution in [2.24, 2.45) is 0 Å². The van der Waals surface area contributed by atoms with E-state index in [-0.39, 0.29) is 24.6 Å². The van der Waals surface area contributed by atoms with Gasteiger partial charge in [-0.05, 0) is 42.0 Å². The van der Waals surface area contributed by atoms with Gasteiger partial charge in [-0.1, -0.05) is 54.9 Å². The number of hydrogen-bond donors (Lipinski definition) is 3. The van der Waals surface area contributed by atoms with Crippen LogP contribution in [0, 0.1) is 0 Å². The molecule has 188 valence electrons. The average Bonchev–Trinajstić information content (AvgIpc) is 3.23. The number of halogens is 1. The average molecular weight is 508 g/mol. The zero-order chi connectivity index (χ0) is 25.1. The van der Waals surface area contributed by atoms with E-state index in [2.05, 4.69) is 39.8 Å². The van der Waals surface area contributed by atoms with Crippen LogP contribution in [0.5, 0.6) is 0 Å². The molecule has 1 aromatic heterocycles. The molecule has 3 heterocycles. The van der Waals surface area contributed by atoms with Crippen molar-refractivity contribution >= 4 is 23.5 Å². The molecule has 0 aliphatic carbocycles. The fourth-order valence-corrected chi connectivity index (χ4v) is 4.85. The number of aromatic nitrogens is 2. The summed E-state index contributed by atoms with van der Waals surface area (Å²) in [5.74, 6) is 0.360. The molecule has 1 amide bonds. The lowest BCUT2D eigenvalue weighted by atomic mass is 10.0. The molecule has 5 rings (SSSR count). The minimum atomic E-state index is -0.385. The number of nitrogens with one attached hydrogen (secondary N) is 2. The summed E-state index contributed by atoms with van der Waals surface area (Å²) in [5, 5.41) is 15.4. The first kappa shape index (κ1) is 24.6. The molecule has 8 nitrogen and oxygen atoms in total. The maximum atomic E-state index is 13.3. The van der Waals surface area contributed by atoms with E-state index in [1.54, 1.807) is 11.2 Å². The minimum absolute atomic E-state index is 0.127.